The summed E-state index contributed by atoms with van der Waals surface area (Å²) in [5.74, 6) is 0. The Morgan fingerprint density at radius 2 is 2.32 bits per heavy atom. The Bertz CT molecular complexity index is 597. The smallest absolute Gasteiger partial charge is 0.243 e. The summed E-state index contributed by atoms with van der Waals surface area (Å²) in [5.41, 5.74) is -0.502. The van der Waals surface area contributed by atoms with Gasteiger partial charge in [-0.15, -0.1) is 0 Å². The highest BCUT2D eigenvalue weighted by Crippen LogP contribution is 2.34. The fourth-order valence-electron chi connectivity index (χ4n) is 2.02. The molecule has 0 radical (unpaired) electrons. The predicted molar refractivity (Wildman–Crippen MR) is 67.7 cm³/mol. The largest absolute Gasteiger partial charge is 0.377 e. The molecule has 0 amide bonds. The van der Waals surface area contributed by atoms with Gasteiger partial charge in [-0.1, -0.05) is 0 Å². The van der Waals surface area contributed by atoms with Crippen molar-refractivity contribution in [3.05, 3.63) is 24.0 Å². The molecule has 1 saturated carbocycles. The van der Waals surface area contributed by atoms with Gasteiger partial charge in [-0.3, -0.25) is 0 Å². The molecule has 1 aromatic heterocycles. The molecule has 0 saturated heterocycles. The maximum absolute atomic E-state index is 12.2. The van der Waals surface area contributed by atoms with Gasteiger partial charge in [0.2, 0.25) is 10.0 Å². The van der Waals surface area contributed by atoms with E-state index in [1.807, 2.05) is 0 Å². The second-order valence-corrected chi connectivity index (χ2v) is 6.26. The van der Waals surface area contributed by atoms with Crippen LogP contribution in [0.4, 0.5) is 0 Å². The molecule has 0 spiro atoms. The van der Waals surface area contributed by atoms with Gasteiger partial charge in [-0.25, -0.2) is 18.1 Å². The minimum Gasteiger partial charge on any atom is -0.377 e. The van der Waals surface area contributed by atoms with E-state index in [0.717, 1.165) is 19.3 Å². The molecule has 1 aromatic rings. The number of hydrogen-bond donors (Lipinski definition) is 1. The summed E-state index contributed by atoms with van der Waals surface area (Å²) in [6.45, 7) is 0.214. The van der Waals surface area contributed by atoms with Gasteiger partial charge in [-0.2, -0.15) is 5.26 Å². The van der Waals surface area contributed by atoms with Crippen molar-refractivity contribution in [1.29, 1.82) is 5.26 Å². The van der Waals surface area contributed by atoms with Crippen LogP contribution in [0.2, 0.25) is 0 Å². The summed E-state index contributed by atoms with van der Waals surface area (Å²) in [6, 6.07) is 4.64. The standard InChI is InChI=1S/C12H15N3O3S/c1-18-12(5-3-6-12)9-15-19(16,17)11-4-2-7-14-10(11)8-13/h2,4,7,15H,3,5-6,9H2,1H3. The van der Waals surface area contributed by atoms with Crippen molar-refractivity contribution >= 4 is 10.0 Å². The van der Waals surface area contributed by atoms with Crippen LogP contribution in [0.15, 0.2) is 23.2 Å². The van der Waals surface area contributed by atoms with E-state index in [0.29, 0.717) is 0 Å². The van der Waals surface area contributed by atoms with Crippen molar-refractivity contribution in [2.45, 2.75) is 29.8 Å². The molecular weight excluding hydrogens is 266 g/mol. The van der Waals surface area contributed by atoms with Crippen molar-refractivity contribution in [2.24, 2.45) is 0 Å². The molecule has 6 nitrogen and oxygen atoms in total. The Morgan fingerprint density at radius 1 is 1.58 bits per heavy atom. The Kier molecular flexibility index (Phi) is 3.85. The van der Waals surface area contributed by atoms with Crippen LogP contribution < -0.4 is 4.72 Å². The van der Waals surface area contributed by atoms with Crippen LogP contribution in [0.25, 0.3) is 0 Å². The molecule has 1 N–H and O–H groups in total. The van der Waals surface area contributed by atoms with E-state index in [1.54, 1.807) is 13.2 Å². The first kappa shape index (κ1) is 13.9. The summed E-state index contributed by atoms with van der Waals surface area (Å²) < 4.78 is 32.2. The number of methoxy groups -OCH3 is 1. The van der Waals surface area contributed by atoms with Crippen LogP contribution >= 0.6 is 0 Å². The zero-order valence-corrected chi connectivity index (χ0v) is 11.4. The predicted octanol–water partition coefficient (Wildman–Crippen LogP) is 0.801. The van der Waals surface area contributed by atoms with E-state index in [9.17, 15) is 8.42 Å². The fraction of sp³-hybridized carbons (Fsp3) is 0.500. The first-order valence-electron chi connectivity index (χ1n) is 5.93. The maximum Gasteiger partial charge on any atom is 0.243 e. The first-order chi connectivity index (χ1) is 9.03. The molecule has 0 unspecified atom stereocenters. The van der Waals surface area contributed by atoms with Crippen molar-refractivity contribution in [2.75, 3.05) is 13.7 Å². The molecule has 1 aliphatic rings. The summed E-state index contributed by atoms with van der Waals surface area (Å²) in [6.07, 6.45) is 4.10. The highest BCUT2D eigenvalue weighted by Gasteiger charge is 2.38. The van der Waals surface area contributed by atoms with Crippen molar-refractivity contribution in [3.63, 3.8) is 0 Å². The molecule has 1 aliphatic carbocycles. The molecule has 1 fully saturated rings. The summed E-state index contributed by atoms with van der Waals surface area (Å²) in [4.78, 5) is 3.66. The Morgan fingerprint density at radius 3 is 2.84 bits per heavy atom. The summed E-state index contributed by atoms with van der Waals surface area (Å²) in [7, 11) is -2.16. The van der Waals surface area contributed by atoms with Crippen LogP contribution in [0.1, 0.15) is 25.0 Å². The lowest BCUT2D eigenvalue weighted by Crippen LogP contribution is -2.49. The van der Waals surface area contributed by atoms with Crippen molar-refractivity contribution in [3.8, 4) is 6.07 Å². The monoisotopic (exact) mass is 281 g/mol. The number of sulfonamides is 1. The lowest BCUT2D eigenvalue weighted by atomic mass is 9.80. The van der Waals surface area contributed by atoms with E-state index in [1.165, 1.54) is 18.3 Å². The molecular formula is C12H15N3O3S. The number of nitrogens with one attached hydrogen (secondary N) is 1. The number of hydrogen-bond acceptors (Lipinski definition) is 5. The van der Waals surface area contributed by atoms with E-state index >= 15 is 0 Å². The molecule has 0 atom stereocenters. The number of nitrogens with zero attached hydrogens (tertiary/aromatic N) is 2. The van der Waals surface area contributed by atoms with Gasteiger partial charge in [0.1, 0.15) is 11.0 Å². The average molecular weight is 281 g/mol. The molecule has 102 valence electrons. The summed E-state index contributed by atoms with van der Waals surface area (Å²) in [5, 5.41) is 8.88. The Hall–Kier alpha value is -1.49. The van der Waals surface area contributed by atoms with Crippen LogP contribution in [-0.2, 0) is 14.8 Å². The molecule has 0 aliphatic heterocycles. The molecule has 19 heavy (non-hydrogen) atoms. The first-order valence-corrected chi connectivity index (χ1v) is 7.41. The number of rotatable bonds is 5. The van der Waals surface area contributed by atoms with Gasteiger partial charge < -0.3 is 4.74 Å². The highest BCUT2D eigenvalue weighted by atomic mass is 32.2. The Balaban J connectivity index is 2.17. The second kappa shape index (κ2) is 5.25. The zero-order chi connectivity index (χ0) is 13.9. The minimum atomic E-state index is -3.74. The maximum atomic E-state index is 12.2. The lowest BCUT2D eigenvalue weighted by molar-refractivity contribution is -0.0659. The second-order valence-electron chi connectivity index (χ2n) is 4.53. The highest BCUT2D eigenvalue weighted by molar-refractivity contribution is 7.89. The zero-order valence-electron chi connectivity index (χ0n) is 10.6. The van der Waals surface area contributed by atoms with E-state index in [4.69, 9.17) is 10.00 Å². The topological polar surface area (TPSA) is 92.1 Å². The van der Waals surface area contributed by atoms with Crippen LogP contribution in [0, 0.1) is 11.3 Å². The van der Waals surface area contributed by atoms with Gasteiger partial charge in [0.25, 0.3) is 0 Å². The van der Waals surface area contributed by atoms with Gasteiger partial charge in [0, 0.05) is 19.9 Å². The Labute approximate surface area is 112 Å². The third-order valence-corrected chi connectivity index (χ3v) is 4.88. The quantitative estimate of drug-likeness (QED) is 0.862. The normalized spacial score (nSPS) is 17.5. The van der Waals surface area contributed by atoms with E-state index < -0.39 is 15.6 Å². The molecule has 7 heteroatoms. The van der Waals surface area contributed by atoms with Gasteiger partial charge >= 0.3 is 0 Å². The fourth-order valence-corrected chi connectivity index (χ4v) is 3.24. The van der Waals surface area contributed by atoms with Crippen LogP contribution in [0.3, 0.4) is 0 Å². The SMILES string of the molecule is COC1(CNS(=O)(=O)c2cccnc2C#N)CCC1. The van der Waals surface area contributed by atoms with E-state index in [-0.39, 0.29) is 17.1 Å². The number of nitriles is 1. The minimum absolute atomic E-state index is 0.0944. The number of ether oxygens (including phenoxy) is 1. The van der Waals surface area contributed by atoms with Crippen LogP contribution in [0.5, 0.6) is 0 Å². The molecule has 1 heterocycles. The lowest BCUT2D eigenvalue weighted by Gasteiger charge is -2.40. The average Bonchev–Trinajstić information content (AvgIpc) is 2.38. The molecule has 2 rings (SSSR count). The third-order valence-electron chi connectivity index (χ3n) is 3.45. The number of aromatic nitrogens is 1. The number of pyridine rings is 1. The van der Waals surface area contributed by atoms with E-state index in [2.05, 4.69) is 9.71 Å². The molecule has 0 bridgehead atoms. The van der Waals surface area contributed by atoms with Gasteiger partial charge in [-0.05, 0) is 31.4 Å². The van der Waals surface area contributed by atoms with Crippen LogP contribution in [-0.4, -0.2) is 32.7 Å². The summed E-state index contributed by atoms with van der Waals surface area (Å²) >= 11 is 0. The van der Waals surface area contributed by atoms with Gasteiger partial charge in [0.15, 0.2) is 5.69 Å². The third kappa shape index (κ3) is 2.76. The van der Waals surface area contributed by atoms with Crippen molar-refractivity contribution < 1.29 is 13.2 Å². The van der Waals surface area contributed by atoms with Gasteiger partial charge in [0.05, 0.1) is 5.60 Å². The molecule has 0 aromatic carbocycles. The van der Waals surface area contributed by atoms with Crippen molar-refractivity contribution in [1.82, 2.24) is 9.71 Å².